The van der Waals surface area contributed by atoms with Crippen LogP contribution >= 0.6 is 0 Å². The molecule has 0 unspecified atom stereocenters. The third-order valence-corrected chi connectivity index (χ3v) is 4.79. The second kappa shape index (κ2) is 6.95. The second-order valence-electron chi connectivity index (χ2n) is 6.33. The maximum absolute atomic E-state index is 12.1. The van der Waals surface area contributed by atoms with Gasteiger partial charge in [0.2, 0.25) is 11.8 Å². The molecule has 1 atom stereocenters. The smallest absolute Gasteiger partial charge is 0.222 e. The molecule has 1 aliphatic heterocycles. The predicted molar refractivity (Wildman–Crippen MR) is 85.6 cm³/mol. The van der Waals surface area contributed by atoms with Gasteiger partial charge in [-0.1, -0.05) is 24.3 Å². The molecule has 4 nitrogen and oxygen atoms in total. The molecule has 0 bridgehead atoms. The van der Waals surface area contributed by atoms with Crippen LogP contribution in [-0.2, 0) is 16.0 Å². The molecular formula is C18H24N2O2. The Hall–Kier alpha value is -1.84. The molecule has 4 heteroatoms. The molecule has 118 valence electrons. The number of rotatable bonds is 6. The molecule has 1 aromatic rings. The van der Waals surface area contributed by atoms with Crippen LogP contribution < -0.4 is 5.32 Å². The van der Waals surface area contributed by atoms with Crippen molar-refractivity contribution in [2.24, 2.45) is 0 Å². The van der Waals surface area contributed by atoms with Gasteiger partial charge in [0.1, 0.15) is 0 Å². The van der Waals surface area contributed by atoms with Crippen molar-refractivity contribution in [1.29, 1.82) is 0 Å². The summed E-state index contributed by atoms with van der Waals surface area (Å²) in [5.41, 5.74) is 2.74. The number of benzene rings is 1. The Morgan fingerprint density at radius 1 is 1.27 bits per heavy atom. The van der Waals surface area contributed by atoms with Gasteiger partial charge in [-0.25, -0.2) is 0 Å². The molecule has 1 fully saturated rings. The highest BCUT2D eigenvalue weighted by molar-refractivity contribution is 5.78. The number of carbonyl (C=O) groups excluding carboxylic acids is 2. The van der Waals surface area contributed by atoms with Crippen molar-refractivity contribution in [3.05, 3.63) is 35.4 Å². The zero-order valence-electron chi connectivity index (χ0n) is 13.0. The number of hydrogen-bond acceptors (Lipinski definition) is 2. The summed E-state index contributed by atoms with van der Waals surface area (Å²) in [5, 5.41) is 3.00. The SMILES string of the molecule is O=C(C[C@H]1CCc2ccccc21)NCCCN1CCCC1=O. The van der Waals surface area contributed by atoms with Crippen molar-refractivity contribution < 1.29 is 9.59 Å². The first kappa shape index (κ1) is 15.1. The third kappa shape index (κ3) is 3.49. The fraction of sp³-hybridized carbons (Fsp3) is 0.556. The molecule has 0 radical (unpaired) electrons. The van der Waals surface area contributed by atoms with E-state index >= 15 is 0 Å². The molecule has 0 aromatic heterocycles. The predicted octanol–water partition coefficient (Wildman–Crippen LogP) is 2.24. The van der Waals surface area contributed by atoms with Crippen LogP contribution in [0.4, 0.5) is 0 Å². The van der Waals surface area contributed by atoms with Gasteiger partial charge in [0.25, 0.3) is 0 Å². The van der Waals surface area contributed by atoms with E-state index in [1.807, 2.05) is 4.90 Å². The highest BCUT2D eigenvalue weighted by atomic mass is 16.2. The normalized spacial score (nSPS) is 20.3. The quantitative estimate of drug-likeness (QED) is 0.819. The summed E-state index contributed by atoms with van der Waals surface area (Å²) in [7, 11) is 0. The van der Waals surface area contributed by atoms with E-state index in [1.165, 1.54) is 11.1 Å². The molecule has 2 aliphatic rings. The Kier molecular flexibility index (Phi) is 4.76. The lowest BCUT2D eigenvalue weighted by Gasteiger charge is -2.16. The van der Waals surface area contributed by atoms with Crippen LogP contribution in [0.2, 0.25) is 0 Å². The highest BCUT2D eigenvalue weighted by Gasteiger charge is 2.24. The first-order valence-electron chi connectivity index (χ1n) is 8.36. The molecule has 3 rings (SSSR count). The largest absolute Gasteiger partial charge is 0.356 e. The van der Waals surface area contributed by atoms with Crippen LogP contribution in [0.3, 0.4) is 0 Å². The molecule has 1 N–H and O–H groups in total. The Labute approximate surface area is 131 Å². The van der Waals surface area contributed by atoms with Crippen LogP contribution in [-0.4, -0.2) is 36.3 Å². The molecule has 1 aliphatic carbocycles. The van der Waals surface area contributed by atoms with Gasteiger partial charge in [0.05, 0.1) is 0 Å². The third-order valence-electron chi connectivity index (χ3n) is 4.79. The van der Waals surface area contributed by atoms with E-state index in [4.69, 9.17) is 0 Å². The van der Waals surface area contributed by atoms with Gasteiger partial charge in [0, 0.05) is 32.5 Å². The van der Waals surface area contributed by atoms with Crippen molar-refractivity contribution >= 4 is 11.8 Å². The molecule has 2 amide bonds. The monoisotopic (exact) mass is 300 g/mol. The van der Waals surface area contributed by atoms with E-state index in [0.29, 0.717) is 25.3 Å². The van der Waals surface area contributed by atoms with E-state index in [0.717, 1.165) is 38.8 Å². The molecule has 1 heterocycles. The highest BCUT2D eigenvalue weighted by Crippen LogP contribution is 2.34. The molecular weight excluding hydrogens is 276 g/mol. The van der Waals surface area contributed by atoms with E-state index in [1.54, 1.807) is 0 Å². The maximum Gasteiger partial charge on any atom is 0.222 e. The van der Waals surface area contributed by atoms with Crippen LogP contribution in [0.1, 0.15) is 49.1 Å². The van der Waals surface area contributed by atoms with Crippen LogP contribution in [0, 0.1) is 0 Å². The summed E-state index contributed by atoms with van der Waals surface area (Å²) < 4.78 is 0. The molecule has 0 spiro atoms. The standard InChI is InChI=1S/C18H24N2O2/c21-17(19-10-4-12-20-11-3-7-18(20)22)13-15-9-8-14-5-1-2-6-16(14)15/h1-2,5-6,15H,3-4,7-13H2,(H,19,21)/t15-/m1/s1. The lowest BCUT2D eigenvalue weighted by molar-refractivity contribution is -0.127. The van der Waals surface area contributed by atoms with Crippen LogP contribution in [0.5, 0.6) is 0 Å². The van der Waals surface area contributed by atoms with Crippen molar-refractivity contribution in [2.45, 2.75) is 44.4 Å². The van der Waals surface area contributed by atoms with Crippen LogP contribution in [0.15, 0.2) is 24.3 Å². The fourth-order valence-corrected chi connectivity index (χ4v) is 3.59. The summed E-state index contributed by atoms with van der Waals surface area (Å²) in [4.78, 5) is 25.5. The lowest BCUT2D eigenvalue weighted by Crippen LogP contribution is -2.31. The number of fused-ring (bicyclic) bond motifs is 1. The number of aryl methyl sites for hydroxylation is 1. The average molecular weight is 300 g/mol. The number of carbonyl (C=O) groups is 2. The van der Waals surface area contributed by atoms with Gasteiger partial charge in [-0.05, 0) is 42.7 Å². The minimum Gasteiger partial charge on any atom is -0.356 e. The van der Waals surface area contributed by atoms with Gasteiger partial charge < -0.3 is 10.2 Å². The topological polar surface area (TPSA) is 49.4 Å². The Balaban J connectivity index is 1.37. The average Bonchev–Trinajstić information content (AvgIpc) is 3.11. The number of nitrogens with zero attached hydrogens (tertiary/aromatic N) is 1. The van der Waals surface area contributed by atoms with Crippen molar-refractivity contribution in [1.82, 2.24) is 10.2 Å². The zero-order chi connectivity index (χ0) is 15.4. The van der Waals surface area contributed by atoms with Gasteiger partial charge >= 0.3 is 0 Å². The van der Waals surface area contributed by atoms with Crippen molar-refractivity contribution in [3.8, 4) is 0 Å². The number of nitrogens with one attached hydrogen (secondary N) is 1. The summed E-state index contributed by atoms with van der Waals surface area (Å²) in [6.07, 6.45) is 5.26. The molecule has 22 heavy (non-hydrogen) atoms. The summed E-state index contributed by atoms with van der Waals surface area (Å²) in [6, 6.07) is 8.45. The summed E-state index contributed by atoms with van der Waals surface area (Å²) >= 11 is 0. The van der Waals surface area contributed by atoms with Gasteiger partial charge in [-0.2, -0.15) is 0 Å². The second-order valence-corrected chi connectivity index (χ2v) is 6.33. The first-order valence-corrected chi connectivity index (χ1v) is 8.36. The number of likely N-dealkylation sites (tertiary alicyclic amines) is 1. The zero-order valence-corrected chi connectivity index (χ0v) is 13.0. The number of hydrogen-bond donors (Lipinski definition) is 1. The van der Waals surface area contributed by atoms with E-state index in [2.05, 4.69) is 29.6 Å². The minimum absolute atomic E-state index is 0.134. The fourth-order valence-electron chi connectivity index (χ4n) is 3.59. The summed E-state index contributed by atoms with van der Waals surface area (Å²) in [6.45, 7) is 2.31. The molecule has 0 saturated carbocycles. The first-order chi connectivity index (χ1) is 10.7. The minimum atomic E-state index is 0.134. The van der Waals surface area contributed by atoms with Gasteiger partial charge in [-0.15, -0.1) is 0 Å². The Morgan fingerprint density at radius 2 is 2.14 bits per heavy atom. The number of amides is 2. The van der Waals surface area contributed by atoms with E-state index in [9.17, 15) is 9.59 Å². The van der Waals surface area contributed by atoms with Crippen molar-refractivity contribution in [3.63, 3.8) is 0 Å². The van der Waals surface area contributed by atoms with Crippen LogP contribution in [0.25, 0.3) is 0 Å². The van der Waals surface area contributed by atoms with Gasteiger partial charge in [0.15, 0.2) is 0 Å². The maximum atomic E-state index is 12.1. The summed E-state index contributed by atoms with van der Waals surface area (Å²) in [5.74, 6) is 0.764. The van der Waals surface area contributed by atoms with E-state index < -0.39 is 0 Å². The Morgan fingerprint density at radius 3 is 2.95 bits per heavy atom. The lowest BCUT2D eigenvalue weighted by atomic mass is 9.97. The van der Waals surface area contributed by atoms with Crippen molar-refractivity contribution in [2.75, 3.05) is 19.6 Å². The molecule has 1 aromatic carbocycles. The Bertz CT molecular complexity index is 556. The van der Waals surface area contributed by atoms with Gasteiger partial charge in [-0.3, -0.25) is 9.59 Å². The molecule has 1 saturated heterocycles. The van der Waals surface area contributed by atoms with E-state index in [-0.39, 0.29) is 11.8 Å².